The van der Waals surface area contributed by atoms with Crippen LogP contribution >= 0.6 is 12.4 Å². The molecule has 1 heterocycles. The zero-order valence-corrected chi connectivity index (χ0v) is 12.6. The van der Waals surface area contributed by atoms with Crippen LogP contribution < -0.4 is 15.8 Å². The molecule has 0 spiro atoms. The number of ether oxygens (including phenoxy) is 1. The van der Waals surface area contributed by atoms with Crippen molar-refractivity contribution in [2.75, 3.05) is 13.1 Å². The van der Waals surface area contributed by atoms with Gasteiger partial charge >= 0.3 is 0 Å². The number of halogens is 1. The Bertz CT molecular complexity index is 557. The van der Waals surface area contributed by atoms with E-state index in [2.05, 4.69) is 5.32 Å². The van der Waals surface area contributed by atoms with E-state index in [9.17, 15) is 4.79 Å². The van der Waals surface area contributed by atoms with E-state index >= 15 is 0 Å². The van der Waals surface area contributed by atoms with Gasteiger partial charge in [-0.3, -0.25) is 4.79 Å². The molecule has 0 saturated carbocycles. The minimum Gasteiger partial charge on any atom is -0.426 e. The molecule has 0 bridgehead atoms. The molecule has 1 unspecified atom stereocenters. The molecule has 21 heavy (non-hydrogen) atoms. The van der Waals surface area contributed by atoms with Gasteiger partial charge in [-0.25, -0.2) is 0 Å². The molecule has 1 amide bonds. The topological polar surface area (TPSA) is 77.5 Å². The summed E-state index contributed by atoms with van der Waals surface area (Å²) in [5.41, 5.74) is 5.49. The first-order chi connectivity index (χ1) is 9.69. The summed E-state index contributed by atoms with van der Waals surface area (Å²) in [7, 11) is 0. The van der Waals surface area contributed by atoms with Crippen molar-refractivity contribution in [2.24, 2.45) is 11.7 Å². The van der Waals surface area contributed by atoms with Crippen LogP contribution in [0.3, 0.4) is 0 Å². The summed E-state index contributed by atoms with van der Waals surface area (Å²) in [6, 6.07) is 12.4. The van der Waals surface area contributed by atoms with Crippen molar-refractivity contribution < 1.29 is 13.9 Å². The third-order valence-corrected chi connectivity index (χ3v) is 2.78. The Labute approximate surface area is 129 Å². The van der Waals surface area contributed by atoms with E-state index in [4.69, 9.17) is 14.9 Å². The molecule has 1 aromatic heterocycles. The van der Waals surface area contributed by atoms with Crippen LogP contribution in [0.2, 0.25) is 0 Å². The first-order valence-corrected chi connectivity index (χ1v) is 6.50. The Balaban J connectivity index is 0.00000220. The predicted octanol–water partition coefficient (Wildman–Crippen LogP) is 2.82. The molecular formula is C15H19ClN2O3. The Hall–Kier alpha value is -1.98. The van der Waals surface area contributed by atoms with E-state index < -0.39 is 0 Å². The average molecular weight is 311 g/mol. The van der Waals surface area contributed by atoms with Crippen LogP contribution in [0, 0.1) is 5.92 Å². The maximum Gasteiger partial charge on any atom is 0.290 e. The summed E-state index contributed by atoms with van der Waals surface area (Å²) in [5.74, 6) is 1.13. The standard InChI is InChI=1S/C15H18N2O3.ClH/c1-11(9-16)10-17-15(18)13-7-8-14(20-13)19-12-5-3-2-4-6-12;/h2-8,11H,9-10,16H2,1H3,(H,17,18);1H. The summed E-state index contributed by atoms with van der Waals surface area (Å²) in [4.78, 5) is 11.8. The minimum absolute atomic E-state index is 0. The third-order valence-electron chi connectivity index (χ3n) is 2.78. The van der Waals surface area contributed by atoms with Crippen LogP contribution in [0.15, 0.2) is 46.9 Å². The van der Waals surface area contributed by atoms with E-state index in [0.29, 0.717) is 18.8 Å². The monoisotopic (exact) mass is 310 g/mol. The van der Waals surface area contributed by atoms with Gasteiger partial charge in [0.2, 0.25) is 0 Å². The van der Waals surface area contributed by atoms with E-state index in [1.807, 2.05) is 37.3 Å². The van der Waals surface area contributed by atoms with Gasteiger partial charge in [-0.05, 0) is 30.7 Å². The molecular weight excluding hydrogens is 292 g/mol. The van der Waals surface area contributed by atoms with Gasteiger partial charge in [0, 0.05) is 12.6 Å². The van der Waals surface area contributed by atoms with Gasteiger partial charge in [-0.1, -0.05) is 25.1 Å². The summed E-state index contributed by atoms with van der Waals surface area (Å²) in [6.45, 7) is 3.01. The average Bonchev–Trinajstić information content (AvgIpc) is 2.94. The zero-order valence-electron chi connectivity index (χ0n) is 11.7. The van der Waals surface area contributed by atoms with Gasteiger partial charge in [0.05, 0.1) is 0 Å². The molecule has 114 valence electrons. The summed E-state index contributed by atoms with van der Waals surface area (Å²) in [6.07, 6.45) is 0. The number of carbonyl (C=O) groups excluding carboxylic acids is 1. The van der Waals surface area contributed by atoms with Crippen molar-refractivity contribution in [1.29, 1.82) is 0 Å². The van der Waals surface area contributed by atoms with Crippen LogP contribution in [-0.4, -0.2) is 19.0 Å². The molecule has 0 aliphatic heterocycles. The van der Waals surface area contributed by atoms with Crippen LogP contribution in [-0.2, 0) is 0 Å². The number of amides is 1. The normalized spacial score (nSPS) is 11.3. The summed E-state index contributed by atoms with van der Waals surface area (Å²) < 4.78 is 10.8. The van der Waals surface area contributed by atoms with Gasteiger partial charge in [0.15, 0.2) is 5.76 Å². The molecule has 6 heteroatoms. The molecule has 2 rings (SSSR count). The number of rotatable bonds is 6. The highest BCUT2D eigenvalue weighted by molar-refractivity contribution is 5.91. The lowest BCUT2D eigenvalue weighted by molar-refractivity contribution is 0.0916. The number of nitrogens with one attached hydrogen (secondary N) is 1. The van der Waals surface area contributed by atoms with Crippen molar-refractivity contribution >= 4 is 18.3 Å². The van der Waals surface area contributed by atoms with Crippen LogP contribution in [0.5, 0.6) is 11.7 Å². The predicted molar refractivity (Wildman–Crippen MR) is 83.0 cm³/mol. The van der Waals surface area contributed by atoms with Gasteiger partial charge in [0.25, 0.3) is 11.9 Å². The first kappa shape index (κ1) is 17.1. The first-order valence-electron chi connectivity index (χ1n) is 6.50. The smallest absolute Gasteiger partial charge is 0.290 e. The van der Waals surface area contributed by atoms with Gasteiger partial charge in [-0.2, -0.15) is 0 Å². The fraction of sp³-hybridized carbons (Fsp3) is 0.267. The number of nitrogens with two attached hydrogens (primary N) is 1. The largest absolute Gasteiger partial charge is 0.426 e. The van der Waals surface area contributed by atoms with Crippen molar-refractivity contribution in [2.45, 2.75) is 6.92 Å². The number of para-hydroxylation sites is 1. The summed E-state index contributed by atoms with van der Waals surface area (Å²) >= 11 is 0. The van der Waals surface area contributed by atoms with Crippen LogP contribution in [0.25, 0.3) is 0 Å². The van der Waals surface area contributed by atoms with E-state index in [0.717, 1.165) is 0 Å². The lowest BCUT2D eigenvalue weighted by Gasteiger charge is -2.08. The Morgan fingerprint density at radius 2 is 2.00 bits per heavy atom. The van der Waals surface area contributed by atoms with Gasteiger partial charge < -0.3 is 20.2 Å². The quantitative estimate of drug-likeness (QED) is 0.860. The molecule has 1 atom stereocenters. The Morgan fingerprint density at radius 1 is 1.29 bits per heavy atom. The SMILES string of the molecule is CC(CN)CNC(=O)c1ccc(Oc2ccccc2)o1.Cl. The second-order valence-corrected chi connectivity index (χ2v) is 4.58. The van der Waals surface area contributed by atoms with E-state index in [1.54, 1.807) is 12.1 Å². The van der Waals surface area contributed by atoms with Crippen LogP contribution in [0.1, 0.15) is 17.5 Å². The lowest BCUT2D eigenvalue weighted by atomic mass is 10.2. The molecule has 0 aliphatic carbocycles. The van der Waals surface area contributed by atoms with Crippen LogP contribution in [0.4, 0.5) is 0 Å². The van der Waals surface area contributed by atoms with Crippen molar-refractivity contribution in [3.05, 3.63) is 48.2 Å². The van der Waals surface area contributed by atoms with E-state index in [-0.39, 0.29) is 35.9 Å². The lowest BCUT2D eigenvalue weighted by Crippen LogP contribution is -2.30. The van der Waals surface area contributed by atoms with Crippen molar-refractivity contribution in [3.8, 4) is 11.7 Å². The fourth-order valence-electron chi connectivity index (χ4n) is 1.54. The molecule has 5 nitrogen and oxygen atoms in total. The van der Waals surface area contributed by atoms with Gasteiger partial charge in [-0.15, -0.1) is 12.4 Å². The molecule has 0 saturated heterocycles. The molecule has 0 radical (unpaired) electrons. The highest BCUT2D eigenvalue weighted by Crippen LogP contribution is 2.23. The molecule has 2 aromatic rings. The highest BCUT2D eigenvalue weighted by Gasteiger charge is 2.12. The number of furan rings is 1. The van der Waals surface area contributed by atoms with Crippen molar-refractivity contribution in [3.63, 3.8) is 0 Å². The van der Waals surface area contributed by atoms with Crippen molar-refractivity contribution in [1.82, 2.24) is 5.32 Å². The highest BCUT2D eigenvalue weighted by atomic mass is 35.5. The molecule has 0 aliphatic rings. The molecule has 0 fully saturated rings. The summed E-state index contributed by atoms with van der Waals surface area (Å²) in [5, 5.41) is 2.76. The Morgan fingerprint density at radius 3 is 2.67 bits per heavy atom. The second kappa shape index (κ2) is 8.34. The van der Waals surface area contributed by atoms with E-state index in [1.165, 1.54) is 0 Å². The maximum absolute atomic E-state index is 11.8. The number of carbonyl (C=O) groups is 1. The Kier molecular flexibility index (Phi) is 6.78. The van der Waals surface area contributed by atoms with Gasteiger partial charge in [0.1, 0.15) is 5.75 Å². The molecule has 1 aromatic carbocycles. The number of hydrogen-bond acceptors (Lipinski definition) is 4. The fourth-order valence-corrected chi connectivity index (χ4v) is 1.54. The minimum atomic E-state index is -0.270. The second-order valence-electron chi connectivity index (χ2n) is 4.58. The third kappa shape index (κ3) is 5.13. The number of benzene rings is 1. The molecule has 3 N–H and O–H groups in total. The maximum atomic E-state index is 11.8. The zero-order chi connectivity index (χ0) is 14.4. The number of hydrogen-bond donors (Lipinski definition) is 2.